The maximum absolute atomic E-state index is 12.5. The van der Waals surface area contributed by atoms with E-state index in [0.29, 0.717) is 30.9 Å². The van der Waals surface area contributed by atoms with E-state index in [-0.39, 0.29) is 30.3 Å². The lowest BCUT2D eigenvalue weighted by atomic mass is 9.92. The van der Waals surface area contributed by atoms with E-state index in [0.717, 1.165) is 5.56 Å². The van der Waals surface area contributed by atoms with Crippen LogP contribution in [0.2, 0.25) is 0 Å². The summed E-state index contributed by atoms with van der Waals surface area (Å²) in [6.45, 7) is 2.49. The first-order chi connectivity index (χ1) is 12.7. The second-order valence-corrected chi connectivity index (χ2v) is 6.26. The first-order valence-electron chi connectivity index (χ1n) is 8.87. The normalized spacial score (nSPS) is 19.5. The summed E-state index contributed by atoms with van der Waals surface area (Å²) in [6.07, 6.45) is 2.85. The summed E-state index contributed by atoms with van der Waals surface area (Å²) in [4.78, 5) is 28.5. The minimum absolute atomic E-state index is 0.0116. The molecular weight excluding hydrogens is 330 g/mol. The summed E-state index contributed by atoms with van der Waals surface area (Å²) >= 11 is 0. The molecule has 1 aliphatic heterocycles. The topological polar surface area (TPSA) is 80.3 Å². The number of amides is 2. The van der Waals surface area contributed by atoms with E-state index in [4.69, 9.17) is 4.74 Å². The molecule has 1 aromatic carbocycles. The quantitative estimate of drug-likeness (QED) is 0.834. The molecule has 3 rings (SSSR count). The molecule has 6 heteroatoms. The zero-order valence-corrected chi connectivity index (χ0v) is 14.8. The van der Waals surface area contributed by atoms with Crippen molar-refractivity contribution in [3.05, 3.63) is 59.9 Å². The summed E-state index contributed by atoms with van der Waals surface area (Å²) in [5, 5.41) is 6.04. The van der Waals surface area contributed by atoms with E-state index in [2.05, 4.69) is 15.6 Å². The molecule has 2 aromatic rings. The highest BCUT2D eigenvalue weighted by Gasteiger charge is 2.30. The number of nitrogens with zero attached hydrogens (tertiary/aromatic N) is 1. The van der Waals surface area contributed by atoms with E-state index in [9.17, 15) is 9.59 Å². The van der Waals surface area contributed by atoms with Gasteiger partial charge in [-0.05, 0) is 31.0 Å². The zero-order valence-electron chi connectivity index (χ0n) is 14.8. The van der Waals surface area contributed by atoms with Crippen LogP contribution in [-0.2, 0) is 16.0 Å². The molecule has 0 bridgehead atoms. The Labute approximate surface area is 153 Å². The van der Waals surface area contributed by atoms with Gasteiger partial charge in [-0.3, -0.25) is 14.6 Å². The fraction of sp³-hybridized carbons (Fsp3) is 0.350. The van der Waals surface area contributed by atoms with E-state index in [1.54, 1.807) is 12.3 Å². The maximum atomic E-state index is 12.5. The Kier molecular flexibility index (Phi) is 5.84. The van der Waals surface area contributed by atoms with Gasteiger partial charge in [-0.2, -0.15) is 0 Å². The fourth-order valence-electron chi connectivity index (χ4n) is 3.12. The molecule has 2 atom stereocenters. The van der Waals surface area contributed by atoms with Gasteiger partial charge in [-0.1, -0.05) is 30.3 Å². The molecule has 1 fully saturated rings. The van der Waals surface area contributed by atoms with E-state index in [1.165, 1.54) is 0 Å². The summed E-state index contributed by atoms with van der Waals surface area (Å²) in [7, 11) is 0. The predicted molar refractivity (Wildman–Crippen MR) is 97.6 cm³/mol. The van der Waals surface area contributed by atoms with Crippen molar-refractivity contribution in [2.45, 2.75) is 38.3 Å². The van der Waals surface area contributed by atoms with Crippen LogP contribution in [0.5, 0.6) is 5.75 Å². The van der Waals surface area contributed by atoms with Gasteiger partial charge in [0.1, 0.15) is 5.75 Å². The monoisotopic (exact) mass is 353 g/mol. The number of nitrogens with one attached hydrogen (secondary N) is 2. The molecule has 0 spiro atoms. The molecule has 0 saturated carbocycles. The molecule has 1 aromatic heterocycles. The summed E-state index contributed by atoms with van der Waals surface area (Å²) in [5.41, 5.74) is 1.67. The Hall–Kier alpha value is -2.89. The first kappa shape index (κ1) is 17.9. The zero-order chi connectivity index (χ0) is 18.4. The number of aromatic nitrogens is 1. The van der Waals surface area contributed by atoms with Crippen molar-refractivity contribution in [2.24, 2.45) is 0 Å². The van der Waals surface area contributed by atoms with Gasteiger partial charge >= 0.3 is 0 Å². The maximum Gasteiger partial charge on any atom is 0.226 e. The highest BCUT2D eigenvalue weighted by Crippen LogP contribution is 2.24. The third-order valence-corrected chi connectivity index (χ3v) is 4.36. The standard InChI is InChI=1S/C20H23N3O3/c1-2-26-16-9-8-15(21-13-16)12-19(25)22-17-10-11-18(24)23-20(17)14-6-4-3-5-7-14/h3-9,13,17,20H,2,10-12H2,1H3,(H,22,25)(H,23,24)/t17-,20+/m1/s1. The number of benzene rings is 1. The molecule has 2 N–H and O–H groups in total. The van der Waals surface area contributed by atoms with E-state index in [1.807, 2.05) is 43.3 Å². The van der Waals surface area contributed by atoms with Crippen molar-refractivity contribution in [1.82, 2.24) is 15.6 Å². The molecule has 0 aliphatic carbocycles. The third kappa shape index (κ3) is 4.59. The molecular formula is C20H23N3O3. The van der Waals surface area contributed by atoms with Crippen LogP contribution in [0.3, 0.4) is 0 Å². The minimum atomic E-state index is -0.213. The Balaban J connectivity index is 1.63. The van der Waals surface area contributed by atoms with Crippen LogP contribution >= 0.6 is 0 Å². The molecule has 1 saturated heterocycles. The third-order valence-electron chi connectivity index (χ3n) is 4.36. The van der Waals surface area contributed by atoms with Gasteiger partial charge < -0.3 is 15.4 Å². The largest absolute Gasteiger partial charge is 0.492 e. The Morgan fingerprint density at radius 3 is 2.77 bits per heavy atom. The number of ether oxygens (including phenoxy) is 1. The molecule has 26 heavy (non-hydrogen) atoms. The lowest BCUT2D eigenvalue weighted by Gasteiger charge is -2.33. The van der Waals surface area contributed by atoms with Gasteiger partial charge in [0, 0.05) is 12.1 Å². The summed E-state index contributed by atoms with van der Waals surface area (Å²) in [5.74, 6) is 0.595. The van der Waals surface area contributed by atoms with Crippen LogP contribution in [-0.4, -0.2) is 29.4 Å². The van der Waals surface area contributed by atoms with Gasteiger partial charge in [0.15, 0.2) is 0 Å². The Morgan fingerprint density at radius 2 is 2.08 bits per heavy atom. The fourth-order valence-corrected chi connectivity index (χ4v) is 3.12. The highest BCUT2D eigenvalue weighted by molar-refractivity contribution is 5.80. The molecule has 2 heterocycles. The molecule has 0 radical (unpaired) electrons. The Bertz CT molecular complexity index is 747. The van der Waals surface area contributed by atoms with Crippen LogP contribution in [0.1, 0.15) is 37.1 Å². The van der Waals surface area contributed by atoms with Crippen molar-refractivity contribution in [2.75, 3.05) is 6.61 Å². The highest BCUT2D eigenvalue weighted by atomic mass is 16.5. The van der Waals surface area contributed by atoms with Crippen molar-refractivity contribution >= 4 is 11.8 Å². The van der Waals surface area contributed by atoms with E-state index < -0.39 is 0 Å². The number of hydrogen-bond acceptors (Lipinski definition) is 4. The predicted octanol–water partition coefficient (Wildman–Crippen LogP) is 2.16. The Morgan fingerprint density at radius 1 is 1.27 bits per heavy atom. The van der Waals surface area contributed by atoms with Crippen LogP contribution in [0.25, 0.3) is 0 Å². The average Bonchev–Trinajstić information content (AvgIpc) is 2.66. The van der Waals surface area contributed by atoms with Gasteiger partial charge in [0.2, 0.25) is 11.8 Å². The SMILES string of the molecule is CCOc1ccc(CC(=O)N[C@@H]2CCC(=O)N[C@H]2c2ccccc2)nc1. The van der Waals surface area contributed by atoms with Gasteiger partial charge in [-0.15, -0.1) is 0 Å². The number of hydrogen-bond donors (Lipinski definition) is 2. The molecule has 6 nitrogen and oxygen atoms in total. The number of carbonyl (C=O) groups is 2. The second-order valence-electron chi connectivity index (χ2n) is 6.26. The number of carbonyl (C=O) groups excluding carboxylic acids is 2. The molecule has 1 aliphatic rings. The van der Waals surface area contributed by atoms with E-state index >= 15 is 0 Å². The second kappa shape index (κ2) is 8.47. The van der Waals surface area contributed by atoms with Crippen LogP contribution < -0.4 is 15.4 Å². The average molecular weight is 353 g/mol. The van der Waals surface area contributed by atoms with Crippen molar-refractivity contribution < 1.29 is 14.3 Å². The smallest absolute Gasteiger partial charge is 0.226 e. The molecule has 136 valence electrons. The number of pyridine rings is 1. The van der Waals surface area contributed by atoms with Crippen LogP contribution in [0, 0.1) is 0 Å². The van der Waals surface area contributed by atoms with Gasteiger partial charge in [0.25, 0.3) is 0 Å². The van der Waals surface area contributed by atoms with Gasteiger partial charge in [0.05, 0.1) is 31.3 Å². The van der Waals surface area contributed by atoms with Crippen LogP contribution in [0.15, 0.2) is 48.7 Å². The van der Waals surface area contributed by atoms with Crippen molar-refractivity contribution in [3.63, 3.8) is 0 Å². The lowest BCUT2D eigenvalue weighted by Crippen LogP contribution is -2.50. The summed E-state index contributed by atoms with van der Waals surface area (Å²) < 4.78 is 5.36. The van der Waals surface area contributed by atoms with Gasteiger partial charge in [-0.25, -0.2) is 0 Å². The summed E-state index contributed by atoms with van der Waals surface area (Å²) in [6, 6.07) is 13.0. The lowest BCUT2D eigenvalue weighted by molar-refractivity contribution is -0.126. The van der Waals surface area contributed by atoms with Crippen molar-refractivity contribution in [3.8, 4) is 5.75 Å². The van der Waals surface area contributed by atoms with Crippen LogP contribution in [0.4, 0.5) is 0 Å². The number of piperidine rings is 1. The van der Waals surface area contributed by atoms with Crippen molar-refractivity contribution in [1.29, 1.82) is 0 Å². The molecule has 2 amide bonds. The number of rotatable bonds is 6. The minimum Gasteiger partial charge on any atom is -0.492 e. The first-order valence-corrected chi connectivity index (χ1v) is 8.87. The molecule has 0 unspecified atom stereocenters.